The van der Waals surface area contributed by atoms with E-state index in [1.165, 1.54) is 30.4 Å². The zero-order chi connectivity index (χ0) is 26.5. The Labute approximate surface area is 216 Å². The van der Waals surface area contributed by atoms with E-state index in [1.807, 2.05) is 6.92 Å². The molecule has 0 aromatic heterocycles. The summed E-state index contributed by atoms with van der Waals surface area (Å²) in [5.74, 6) is -1.78. The summed E-state index contributed by atoms with van der Waals surface area (Å²) >= 11 is 0. The Kier molecular flexibility index (Phi) is 8.13. The first kappa shape index (κ1) is 26.2. The molecular weight excluding hydrogens is 472 g/mol. The van der Waals surface area contributed by atoms with E-state index in [9.17, 15) is 19.7 Å². The molecule has 1 amide bonds. The fraction of sp³-hybridized carbons (Fsp3) is 0.393. The maximum Gasteiger partial charge on any atom is 0.315 e. The number of nitro benzene ring substituents is 1. The van der Waals surface area contributed by atoms with Crippen LogP contribution in [-0.2, 0) is 20.7 Å². The second-order valence-electron chi connectivity index (χ2n) is 9.45. The van der Waals surface area contributed by atoms with Gasteiger partial charge in [0, 0.05) is 36.3 Å². The Morgan fingerprint density at radius 1 is 1.22 bits per heavy atom. The third-order valence-electron chi connectivity index (χ3n) is 7.25. The average molecular weight is 505 g/mol. The number of nitro groups is 1. The van der Waals surface area contributed by atoms with Crippen molar-refractivity contribution in [1.82, 2.24) is 10.2 Å². The molecule has 2 aromatic rings. The predicted molar refractivity (Wildman–Crippen MR) is 140 cm³/mol. The van der Waals surface area contributed by atoms with Gasteiger partial charge in [0.05, 0.1) is 23.4 Å². The van der Waals surface area contributed by atoms with Gasteiger partial charge in [0.1, 0.15) is 5.92 Å². The second-order valence-corrected chi connectivity index (χ2v) is 9.45. The lowest BCUT2D eigenvalue weighted by atomic mass is 9.78. The summed E-state index contributed by atoms with van der Waals surface area (Å²) in [6.45, 7) is 4.95. The number of ether oxygens (including phenoxy) is 1. The van der Waals surface area contributed by atoms with Crippen LogP contribution < -0.4 is 5.32 Å². The fourth-order valence-corrected chi connectivity index (χ4v) is 5.54. The second kappa shape index (κ2) is 11.5. The van der Waals surface area contributed by atoms with Gasteiger partial charge in [0.2, 0.25) is 6.41 Å². The number of methoxy groups -OCH3 is 1. The van der Waals surface area contributed by atoms with E-state index < -0.39 is 22.7 Å². The van der Waals surface area contributed by atoms with Crippen LogP contribution in [0.1, 0.15) is 55.3 Å². The van der Waals surface area contributed by atoms with Crippen molar-refractivity contribution >= 4 is 23.8 Å². The molecule has 0 saturated carbocycles. The van der Waals surface area contributed by atoms with Gasteiger partial charge in [0.15, 0.2) is 0 Å². The van der Waals surface area contributed by atoms with E-state index in [1.54, 1.807) is 24.0 Å². The molecule has 37 heavy (non-hydrogen) atoms. The van der Waals surface area contributed by atoms with Crippen molar-refractivity contribution in [2.45, 2.75) is 45.1 Å². The van der Waals surface area contributed by atoms with Crippen molar-refractivity contribution < 1.29 is 19.2 Å². The third kappa shape index (κ3) is 5.46. The summed E-state index contributed by atoms with van der Waals surface area (Å²) in [5, 5.41) is 14.8. The molecule has 2 aliphatic rings. The first-order valence-electron chi connectivity index (χ1n) is 12.5. The molecule has 1 N–H and O–H groups in total. The largest absolute Gasteiger partial charge is 0.468 e. The van der Waals surface area contributed by atoms with Crippen molar-refractivity contribution in [1.29, 1.82) is 0 Å². The summed E-state index contributed by atoms with van der Waals surface area (Å²) in [6, 6.07) is 14.7. The third-order valence-corrected chi connectivity index (χ3v) is 7.25. The molecule has 0 radical (unpaired) electrons. The first-order valence-corrected chi connectivity index (χ1v) is 12.5. The highest BCUT2D eigenvalue weighted by Crippen LogP contribution is 2.41. The van der Waals surface area contributed by atoms with Gasteiger partial charge in [-0.1, -0.05) is 36.4 Å². The molecule has 0 fully saturated rings. The molecule has 0 spiro atoms. The maximum absolute atomic E-state index is 12.9. The number of esters is 1. The molecule has 2 heterocycles. The van der Waals surface area contributed by atoms with Gasteiger partial charge in [-0.3, -0.25) is 24.7 Å². The lowest BCUT2D eigenvalue weighted by molar-refractivity contribution is -0.384. The lowest BCUT2D eigenvalue weighted by Crippen LogP contribution is -2.39. The highest BCUT2D eigenvalue weighted by atomic mass is 16.6. The van der Waals surface area contributed by atoms with Gasteiger partial charge in [-0.15, -0.1) is 0 Å². The van der Waals surface area contributed by atoms with Gasteiger partial charge >= 0.3 is 5.97 Å². The zero-order valence-electron chi connectivity index (χ0n) is 21.3. The van der Waals surface area contributed by atoms with E-state index in [0.717, 1.165) is 32.2 Å². The van der Waals surface area contributed by atoms with Gasteiger partial charge in [-0.2, -0.15) is 0 Å². The van der Waals surface area contributed by atoms with Crippen LogP contribution in [0.5, 0.6) is 0 Å². The van der Waals surface area contributed by atoms with E-state index in [-0.39, 0.29) is 11.7 Å². The maximum atomic E-state index is 12.9. The number of allylic oxidation sites excluding steroid dienone is 2. The number of fused-ring (bicyclic) bond motifs is 1. The van der Waals surface area contributed by atoms with Crippen LogP contribution in [0.2, 0.25) is 0 Å². The van der Waals surface area contributed by atoms with Gasteiger partial charge in [-0.05, 0) is 56.3 Å². The number of carbonyl (C=O) groups excluding carboxylic acids is 2. The minimum Gasteiger partial charge on any atom is -0.468 e. The molecule has 9 nitrogen and oxygen atoms in total. The Bertz CT molecular complexity index is 1240. The summed E-state index contributed by atoms with van der Waals surface area (Å²) < 4.78 is 5.10. The molecule has 194 valence electrons. The SMILES string of the molecule is COC(=O)C1C(C)=NC(C)=C(N(C=O)CCCC2NCCc3ccccc32)C1c1ccc([N+](=O)[O-])cc1. The van der Waals surface area contributed by atoms with Crippen LogP contribution in [0.15, 0.2) is 64.9 Å². The van der Waals surface area contributed by atoms with Gasteiger partial charge in [0.25, 0.3) is 5.69 Å². The standard InChI is InChI=1S/C28H32N4O5/c1-18-25(28(34)37-3)26(21-10-12-22(13-11-21)32(35)36)27(19(2)30-18)31(17-33)16-6-9-24-23-8-5-4-7-20(23)14-15-29-24/h4-5,7-8,10-13,17,24-26,29H,6,9,14-16H2,1-3H3. The molecule has 9 heteroatoms. The van der Waals surface area contributed by atoms with Crippen LogP contribution in [0, 0.1) is 16.0 Å². The van der Waals surface area contributed by atoms with Gasteiger partial charge < -0.3 is 15.0 Å². The van der Waals surface area contributed by atoms with Crippen molar-refractivity contribution in [3.8, 4) is 0 Å². The summed E-state index contributed by atoms with van der Waals surface area (Å²) in [5.41, 5.74) is 5.11. The number of amides is 1. The normalized spacial score (nSPS) is 21.1. The molecule has 3 unspecified atom stereocenters. The fourth-order valence-electron chi connectivity index (χ4n) is 5.54. The number of nitrogens with zero attached hydrogens (tertiary/aromatic N) is 3. The molecule has 2 aliphatic heterocycles. The smallest absolute Gasteiger partial charge is 0.315 e. The summed E-state index contributed by atoms with van der Waals surface area (Å²) in [7, 11) is 1.32. The van der Waals surface area contributed by atoms with Crippen LogP contribution in [0.25, 0.3) is 0 Å². The van der Waals surface area contributed by atoms with E-state index in [0.29, 0.717) is 29.2 Å². The number of nitrogens with one attached hydrogen (secondary N) is 1. The topological polar surface area (TPSA) is 114 Å². The van der Waals surface area contributed by atoms with Crippen molar-refractivity contribution in [2.75, 3.05) is 20.2 Å². The number of rotatable bonds is 9. The highest BCUT2D eigenvalue weighted by Gasteiger charge is 2.41. The number of hydrogen-bond acceptors (Lipinski definition) is 7. The Hall–Kier alpha value is -3.85. The molecule has 2 aromatic carbocycles. The Morgan fingerprint density at radius 3 is 2.62 bits per heavy atom. The molecule has 4 rings (SSSR count). The number of carbonyl (C=O) groups is 2. The molecule has 0 bridgehead atoms. The predicted octanol–water partition coefficient (Wildman–Crippen LogP) is 4.30. The molecule has 0 saturated heterocycles. The first-order chi connectivity index (χ1) is 17.8. The number of aliphatic imine (C=N–C) groups is 1. The van der Waals surface area contributed by atoms with Crippen molar-refractivity contribution in [2.24, 2.45) is 10.9 Å². The Balaban J connectivity index is 1.62. The quantitative estimate of drug-likeness (QED) is 0.236. The highest BCUT2D eigenvalue weighted by molar-refractivity contribution is 6.03. The molecule has 3 atom stereocenters. The molecular formula is C28H32N4O5. The van der Waals surface area contributed by atoms with E-state index >= 15 is 0 Å². The number of non-ortho nitro benzene ring substituents is 1. The monoisotopic (exact) mass is 504 g/mol. The van der Waals surface area contributed by atoms with Gasteiger partial charge in [-0.25, -0.2) is 0 Å². The van der Waals surface area contributed by atoms with Crippen LogP contribution in [-0.4, -0.2) is 48.1 Å². The van der Waals surface area contributed by atoms with E-state index in [2.05, 4.69) is 34.6 Å². The number of benzene rings is 2. The average Bonchev–Trinajstić information content (AvgIpc) is 2.91. The minimum absolute atomic E-state index is 0.0469. The van der Waals surface area contributed by atoms with Crippen LogP contribution in [0.3, 0.4) is 0 Å². The lowest BCUT2D eigenvalue weighted by Gasteiger charge is -2.36. The zero-order valence-corrected chi connectivity index (χ0v) is 21.3. The van der Waals surface area contributed by atoms with Crippen molar-refractivity contribution in [3.05, 3.63) is 86.7 Å². The summed E-state index contributed by atoms with van der Waals surface area (Å²) in [6.07, 6.45) is 3.37. The summed E-state index contributed by atoms with van der Waals surface area (Å²) in [4.78, 5) is 42.3. The number of hydrogen-bond donors (Lipinski definition) is 1. The van der Waals surface area contributed by atoms with Crippen LogP contribution in [0.4, 0.5) is 5.69 Å². The Morgan fingerprint density at radius 2 is 1.95 bits per heavy atom. The minimum atomic E-state index is -0.750. The van der Waals surface area contributed by atoms with Crippen molar-refractivity contribution in [3.63, 3.8) is 0 Å². The molecule has 0 aliphatic carbocycles. The van der Waals surface area contributed by atoms with Crippen LogP contribution >= 0.6 is 0 Å². The van der Waals surface area contributed by atoms with E-state index in [4.69, 9.17) is 4.74 Å².